The van der Waals surface area contributed by atoms with Crippen LogP contribution in [0.15, 0.2) is 30.3 Å². The Kier molecular flexibility index (Phi) is 7.10. The van der Waals surface area contributed by atoms with E-state index in [-0.39, 0.29) is 18.4 Å². The van der Waals surface area contributed by atoms with E-state index in [0.29, 0.717) is 31.3 Å². The molecule has 1 atom stereocenters. The molecule has 6 nitrogen and oxygen atoms in total. The maximum Gasteiger partial charge on any atom is 0.242 e. The fourth-order valence-corrected chi connectivity index (χ4v) is 4.08. The highest BCUT2D eigenvalue weighted by atomic mass is 16.2. The number of piperidine rings is 1. The molecule has 1 unspecified atom stereocenters. The highest BCUT2D eigenvalue weighted by Gasteiger charge is 2.24. The summed E-state index contributed by atoms with van der Waals surface area (Å²) in [5.74, 6) is 0.998. The van der Waals surface area contributed by atoms with Gasteiger partial charge in [-0.15, -0.1) is 0 Å². The Balaban J connectivity index is 1.36. The van der Waals surface area contributed by atoms with Crippen LogP contribution in [0.3, 0.4) is 0 Å². The Bertz CT molecular complexity index is 608. The second-order valence-electron chi connectivity index (χ2n) is 7.75. The SMILES string of the molecule is CC(CC(=O)NCC(=O)N1CCN(c2ccccc2)CC1)C1CCNCC1. The van der Waals surface area contributed by atoms with E-state index in [1.165, 1.54) is 5.69 Å². The highest BCUT2D eigenvalue weighted by molar-refractivity contribution is 5.85. The smallest absolute Gasteiger partial charge is 0.242 e. The predicted molar refractivity (Wildman–Crippen MR) is 108 cm³/mol. The number of benzene rings is 1. The number of carbonyl (C=O) groups excluding carboxylic acids is 2. The van der Waals surface area contributed by atoms with Gasteiger partial charge in [0.1, 0.15) is 0 Å². The molecule has 0 radical (unpaired) electrons. The van der Waals surface area contributed by atoms with Crippen molar-refractivity contribution in [2.24, 2.45) is 11.8 Å². The molecule has 0 bridgehead atoms. The molecule has 2 fully saturated rings. The normalized spacial score (nSPS) is 19.6. The second-order valence-corrected chi connectivity index (χ2v) is 7.75. The summed E-state index contributed by atoms with van der Waals surface area (Å²) in [6.45, 7) is 7.43. The summed E-state index contributed by atoms with van der Waals surface area (Å²) >= 11 is 0. The van der Waals surface area contributed by atoms with Gasteiger partial charge in [0.05, 0.1) is 6.54 Å². The third kappa shape index (κ3) is 5.70. The van der Waals surface area contributed by atoms with Crippen LogP contribution in [-0.2, 0) is 9.59 Å². The van der Waals surface area contributed by atoms with E-state index in [1.807, 2.05) is 23.1 Å². The summed E-state index contributed by atoms with van der Waals surface area (Å²) < 4.78 is 0. The molecule has 0 saturated carbocycles. The van der Waals surface area contributed by atoms with Crippen molar-refractivity contribution in [1.82, 2.24) is 15.5 Å². The average Bonchev–Trinajstić information content (AvgIpc) is 2.73. The van der Waals surface area contributed by atoms with Gasteiger partial charge in [0.25, 0.3) is 0 Å². The zero-order chi connectivity index (χ0) is 19.1. The Morgan fingerprint density at radius 3 is 2.44 bits per heavy atom. The van der Waals surface area contributed by atoms with Gasteiger partial charge in [-0.3, -0.25) is 9.59 Å². The Morgan fingerprint density at radius 2 is 1.78 bits per heavy atom. The van der Waals surface area contributed by atoms with Crippen molar-refractivity contribution in [1.29, 1.82) is 0 Å². The summed E-state index contributed by atoms with van der Waals surface area (Å²) in [5.41, 5.74) is 1.20. The molecular formula is C21H32N4O2. The Labute approximate surface area is 162 Å². The minimum absolute atomic E-state index is 0.00250. The van der Waals surface area contributed by atoms with Crippen molar-refractivity contribution < 1.29 is 9.59 Å². The fraction of sp³-hybridized carbons (Fsp3) is 0.619. The maximum absolute atomic E-state index is 12.4. The van der Waals surface area contributed by atoms with Crippen LogP contribution in [0.2, 0.25) is 0 Å². The molecule has 2 saturated heterocycles. The van der Waals surface area contributed by atoms with Crippen LogP contribution in [0.4, 0.5) is 5.69 Å². The number of rotatable bonds is 6. The quantitative estimate of drug-likeness (QED) is 0.794. The van der Waals surface area contributed by atoms with Gasteiger partial charge in [-0.1, -0.05) is 25.1 Å². The molecule has 2 N–H and O–H groups in total. The molecule has 1 aromatic carbocycles. The van der Waals surface area contributed by atoms with Crippen molar-refractivity contribution in [3.8, 4) is 0 Å². The van der Waals surface area contributed by atoms with Crippen LogP contribution in [0.1, 0.15) is 26.2 Å². The van der Waals surface area contributed by atoms with Gasteiger partial charge >= 0.3 is 0 Å². The van der Waals surface area contributed by atoms with E-state index in [0.717, 1.165) is 39.0 Å². The number of hydrogen-bond acceptors (Lipinski definition) is 4. The third-order valence-corrected chi connectivity index (χ3v) is 5.89. The molecule has 148 valence electrons. The first kappa shape index (κ1) is 19.7. The fourth-order valence-electron chi connectivity index (χ4n) is 4.08. The van der Waals surface area contributed by atoms with E-state index in [1.54, 1.807) is 0 Å². The maximum atomic E-state index is 12.4. The molecular weight excluding hydrogens is 340 g/mol. The molecule has 0 aliphatic carbocycles. The number of carbonyl (C=O) groups is 2. The topological polar surface area (TPSA) is 64.7 Å². The highest BCUT2D eigenvalue weighted by Crippen LogP contribution is 2.24. The Morgan fingerprint density at radius 1 is 1.11 bits per heavy atom. The van der Waals surface area contributed by atoms with Gasteiger partial charge in [-0.25, -0.2) is 0 Å². The predicted octanol–water partition coefficient (Wildman–Crippen LogP) is 1.48. The number of amides is 2. The Hall–Kier alpha value is -2.08. The monoisotopic (exact) mass is 372 g/mol. The largest absolute Gasteiger partial charge is 0.368 e. The van der Waals surface area contributed by atoms with Crippen LogP contribution in [0.25, 0.3) is 0 Å². The lowest BCUT2D eigenvalue weighted by atomic mass is 9.84. The van der Waals surface area contributed by atoms with E-state index >= 15 is 0 Å². The first-order valence-electron chi connectivity index (χ1n) is 10.2. The lowest BCUT2D eigenvalue weighted by Crippen LogP contribution is -2.51. The lowest BCUT2D eigenvalue weighted by molar-refractivity contribution is -0.133. The number of nitrogens with zero attached hydrogens (tertiary/aromatic N) is 2. The molecule has 2 aliphatic rings. The van der Waals surface area contributed by atoms with E-state index in [9.17, 15) is 9.59 Å². The molecule has 2 amide bonds. The lowest BCUT2D eigenvalue weighted by Gasteiger charge is -2.36. The molecule has 2 heterocycles. The van der Waals surface area contributed by atoms with Crippen LogP contribution in [-0.4, -0.2) is 62.5 Å². The van der Waals surface area contributed by atoms with Gasteiger partial charge < -0.3 is 20.4 Å². The van der Waals surface area contributed by atoms with Crippen LogP contribution in [0, 0.1) is 11.8 Å². The minimum Gasteiger partial charge on any atom is -0.368 e. The first-order chi connectivity index (χ1) is 13.1. The van der Waals surface area contributed by atoms with E-state index < -0.39 is 0 Å². The third-order valence-electron chi connectivity index (χ3n) is 5.89. The number of hydrogen-bond donors (Lipinski definition) is 2. The number of piperazine rings is 1. The zero-order valence-electron chi connectivity index (χ0n) is 16.3. The first-order valence-corrected chi connectivity index (χ1v) is 10.2. The van der Waals surface area contributed by atoms with E-state index in [2.05, 4.69) is 34.6 Å². The van der Waals surface area contributed by atoms with Crippen molar-refractivity contribution in [3.05, 3.63) is 30.3 Å². The summed E-state index contributed by atoms with van der Waals surface area (Å²) in [5, 5.41) is 6.19. The molecule has 0 spiro atoms. The van der Waals surface area contributed by atoms with Crippen molar-refractivity contribution >= 4 is 17.5 Å². The minimum atomic E-state index is -0.00250. The van der Waals surface area contributed by atoms with Gasteiger partial charge in [-0.2, -0.15) is 0 Å². The summed E-state index contributed by atoms with van der Waals surface area (Å²) in [4.78, 5) is 28.8. The summed E-state index contributed by atoms with van der Waals surface area (Å²) in [7, 11) is 0. The van der Waals surface area contributed by atoms with Crippen LogP contribution >= 0.6 is 0 Å². The molecule has 0 aromatic heterocycles. The van der Waals surface area contributed by atoms with Gasteiger partial charge in [0.2, 0.25) is 11.8 Å². The molecule has 1 aromatic rings. The van der Waals surface area contributed by atoms with Crippen molar-refractivity contribution in [2.75, 3.05) is 50.7 Å². The van der Waals surface area contributed by atoms with Crippen LogP contribution < -0.4 is 15.5 Å². The van der Waals surface area contributed by atoms with Gasteiger partial charge in [0.15, 0.2) is 0 Å². The summed E-state index contributed by atoms with van der Waals surface area (Å²) in [6.07, 6.45) is 2.79. The number of para-hydroxylation sites is 1. The van der Waals surface area contributed by atoms with Crippen molar-refractivity contribution in [2.45, 2.75) is 26.2 Å². The van der Waals surface area contributed by atoms with Crippen LogP contribution in [0.5, 0.6) is 0 Å². The molecule has 3 rings (SSSR count). The average molecular weight is 373 g/mol. The van der Waals surface area contributed by atoms with Gasteiger partial charge in [0, 0.05) is 38.3 Å². The number of nitrogens with one attached hydrogen (secondary N) is 2. The number of anilines is 1. The molecule has 6 heteroatoms. The second kappa shape index (κ2) is 9.74. The van der Waals surface area contributed by atoms with Gasteiger partial charge in [-0.05, 0) is 49.9 Å². The molecule has 2 aliphatic heterocycles. The molecule has 27 heavy (non-hydrogen) atoms. The zero-order valence-corrected chi connectivity index (χ0v) is 16.3. The van der Waals surface area contributed by atoms with Crippen molar-refractivity contribution in [3.63, 3.8) is 0 Å². The standard InChI is InChI=1S/C21H32N4O2/c1-17(18-7-9-22-10-8-18)15-20(26)23-16-21(27)25-13-11-24(12-14-25)19-5-3-2-4-6-19/h2-6,17-18,22H,7-16H2,1H3,(H,23,26). The van der Waals surface area contributed by atoms with E-state index in [4.69, 9.17) is 0 Å². The summed E-state index contributed by atoms with van der Waals surface area (Å²) in [6, 6.07) is 10.3.